The van der Waals surface area contributed by atoms with Gasteiger partial charge in [0, 0.05) is 25.4 Å². The molecule has 0 aliphatic carbocycles. The number of nitrogens with zero attached hydrogens (tertiary/aromatic N) is 1. The molecule has 0 bridgehead atoms. The maximum absolute atomic E-state index is 11.7. The van der Waals surface area contributed by atoms with Crippen molar-refractivity contribution in [1.29, 1.82) is 0 Å². The van der Waals surface area contributed by atoms with Gasteiger partial charge in [-0.15, -0.1) is 11.6 Å². The molecule has 0 N–H and O–H groups in total. The number of hydrogen-bond donors (Lipinski definition) is 0. The first-order valence-corrected chi connectivity index (χ1v) is 6.05. The van der Waals surface area contributed by atoms with Crippen molar-refractivity contribution in [1.82, 2.24) is 4.90 Å². The van der Waals surface area contributed by atoms with Crippen LogP contribution in [0, 0.1) is 11.8 Å². The van der Waals surface area contributed by atoms with Gasteiger partial charge in [0.15, 0.2) is 0 Å². The number of carbonyl (C=O) groups excluding carboxylic acids is 2. The minimum absolute atomic E-state index is 0.0823. The molecule has 0 spiro atoms. The van der Waals surface area contributed by atoms with E-state index in [0.29, 0.717) is 31.8 Å². The molecular formula is C11H18ClNO3. The molecule has 0 aromatic carbocycles. The van der Waals surface area contributed by atoms with Gasteiger partial charge in [-0.3, -0.25) is 9.59 Å². The second kappa shape index (κ2) is 6.09. The van der Waals surface area contributed by atoms with Gasteiger partial charge < -0.3 is 9.64 Å². The highest BCUT2D eigenvalue weighted by atomic mass is 35.5. The summed E-state index contributed by atoms with van der Waals surface area (Å²) in [6, 6.07) is 0. The molecule has 4 nitrogen and oxygen atoms in total. The lowest BCUT2D eigenvalue weighted by atomic mass is 9.99. The largest absolute Gasteiger partial charge is 0.469 e. The van der Waals surface area contributed by atoms with E-state index in [1.54, 1.807) is 4.90 Å². The van der Waals surface area contributed by atoms with Gasteiger partial charge in [0.25, 0.3) is 0 Å². The fourth-order valence-electron chi connectivity index (χ4n) is 2.00. The van der Waals surface area contributed by atoms with Crippen molar-refractivity contribution in [2.24, 2.45) is 11.8 Å². The van der Waals surface area contributed by atoms with Gasteiger partial charge in [-0.2, -0.15) is 0 Å². The summed E-state index contributed by atoms with van der Waals surface area (Å²) in [6.45, 7) is 3.09. The second-order valence-corrected chi connectivity index (χ2v) is 4.58. The first kappa shape index (κ1) is 13.3. The van der Waals surface area contributed by atoms with E-state index in [0.717, 1.165) is 0 Å². The zero-order chi connectivity index (χ0) is 12.1. The molecule has 1 heterocycles. The van der Waals surface area contributed by atoms with Gasteiger partial charge >= 0.3 is 5.97 Å². The van der Waals surface area contributed by atoms with Crippen molar-refractivity contribution in [3.63, 3.8) is 0 Å². The minimum atomic E-state index is -0.222. The molecule has 2 atom stereocenters. The third kappa shape index (κ3) is 3.11. The summed E-state index contributed by atoms with van der Waals surface area (Å²) >= 11 is 5.54. The van der Waals surface area contributed by atoms with Gasteiger partial charge in [-0.1, -0.05) is 6.92 Å². The van der Waals surface area contributed by atoms with Crippen LogP contribution in [0.2, 0.25) is 0 Å². The molecule has 1 rings (SSSR count). The van der Waals surface area contributed by atoms with Crippen molar-refractivity contribution < 1.29 is 14.3 Å². The van der Waals surface area contributed by atoms with Crippen LogP contribution in [-0.4, -0.2) is 42.9 Å². The number of methoxy groups -OCH3 is 1. The number of alkyl halides is 1. The number of esters is 1. The van der Waals surface area contributed by atoms with Gasteiger partial charge in [0.1, 0.15) is 0 Å². The Balaban J connectivity index is 2.49. The second-order valence-electron chi connectivity index (χ2n) is 4.20. The van der Waals surface area contributed by atoms with E-state index in [1.807, 2.05) is 6.92 Å². The molecule has 5 heteroatoms. The average Bonchev–Trinajstić information content (AvgIpc) is 2.67. The third-order valence-electron chi connectivity index (χ3n) is 2.99. The van der Waals surface area contributed by atoms with E-state index in [-0.39, 0.29) is 23.7 Å². The fraction of sp³-hybridized carbons (Fsp3) is 0.818. The summed E-state index contributed by atoms with van der Waals surface area (Å²) in [4.78, 5) is 24.9. The van der Waals surface area contributed by atoms with Crippen molar-refractivity contribution in [3.05, 3.63) is 0 Å². The standard InChI is InChI=1S/C11H18ClNO3/c1-8-6-13(10(14)4-3-5-12)7-9(8)11(15)16-2/h8-9H,3-7H2,1-2H3. The van der Waals surface area contributed by atoms with Crippen LogP contribution in [0.25, 0.3) is 0 Å². The summed E-state index contributed by atoms with van der Waals surface area (Å²) in [6.07, 6.45) is 1.15. The van der Waals surface area contributed by atoms with E-state index in [4.69, 9.17) is 16.3 Å². The Bertz CT molecular complexity index is 270. The zero-order valence-electron chi connectivity index (χ0n) is 9.74. The Kier molecular flexibility index (Phi) is 5.06. The monoisotopic (exact) mass is 247 g/mol. The summed E-state index contributed by atoms with van der Waals surface area (Å²) in [5.41, 5.74) is 0. The molecule has 0 aromatic heterocycles. The Morgan fingerprint density at radius 3 is 2.69 bits per heavy atom. The summed E-state index contributed by atoms with van der Waals surface area (Å²) in [7, 11) is 1.38. The van der Waals surface area contributed by atoms with E-state index in [2.05, 4.69) is 0 Å². The molecule has 92 valence electrons. The number of halogens is 1. The molecule has 0 saturated carbocycles. The lowest BCUT2D eigenvalue weighted by Gasteiger charge is -2.15. The molecule has 0 aromatic rings. The molecule has 0 radical (unpaired) electrons. The van der Waals surface area contributed by atoms with Crippen LogP contribution in [0.1, 0.15) is 19.8 Å². The van der Waals surface area contributed by atoms with Gasteiger partial charge in [-0.05, 0) is 12.3 Å². The zero-order valence-corrected chi connectivity index (χ0v) is 10.5. The van der Waals surface area contributed by atoms with E-state index in [1.165, 1.54) is 7.11 Å². The number of amides is 1. The van der Waals surface area contributed by atoms with E-state index < -0.39 is 0 Å². The van der Waals surface area contributed by atoms with E-state index in [9.17, 15) is 9.59 Å². The SMILES string of the molecule is COC(=O)C1CN(C(=O)CCCCl)CC1C. The lowest BCUT2D eigenvalue weighted by molar-refractivity contribution is -0.146. The van der Waals surface area contributed by atoms with Crippen LogP contribution in [0.4, 0.5) is 0 Å². The summed E-state index contributed by atoms with van der Waals surface area (Å²) in [5.74, 6) is 0.353. The van der Waals surface area contributed by atoms with Gasteiger partial charge in [0.05, 0.1) is 13.0 Å². The molecular weight excluding hydrogens is 230 g/mol. The van der Waals surface area contributed by atoms with E-state index >= 15 is 0 Å². The van der Waals surface area contributed by atoms with Crippen molar-refractivity contribution >= 4 is 23.5 Å². The number of ether oxygens (including phenoxy) is 1. The van der Waals surface area contributed by atoms with Crippen molar-refractivity contribution in [2.45, 2.75) is 19.8 Å². The van der Waals surface area contributed by atoms with Gasteiger partial charge in [0.2, 0.25) is 5.91 Å². The van der Waals surface area contributed by atoms with Crippen LogP contribution in [0.3, 0.4) is 0 Å². The van der Waals surface area contributed by atoms with Gasteiger partial charge in [-0.25, -0.2) is 0 Å². The topological polar surface area (TPSA) is 46.6 Å². The summed E-state index contributed by atoms with van der Waals surface area (Å²) < 4.78 is 4.72. The molecule has 1 aliphatic heterocycles. The number of rotatable bonds is 4. The van der Waals surface area contributed by atoms with Crippen LogP contribution < -0.4 is 0 Å². The molecule has 1 amide bonds. The highest BCUT2D eigenvalue weighted by molar-refractivity contribution is 6.17. The minimum Gasteiger partial charge on any atom is -0.469 e. The molecule has 16 heavy (non-hydrogen) atoms. The smallest absolute Gasteiger partial charge is 0.310 e. The maximum atomic E-state index is 11.7. The third-order valence-corrected chi connectivity index (χ3v) is 3.26. The number of likely N-dealkylation sites (tertiary alicyclic amines) is 1. The Hall–Kier alpha value is -0.770. The quantitative estimate of drug-likeness (QED) is 0.555. The predicted octanol–water partition coefficient (Wildman–Crippen LogP) is 1.27. The first-order valence-electron chi connectivity index (χ1n) is 5.51. The molecule has 2 unspecified atom stereocenters. The lowest BCUT2D eigenvalue weighted by Crippen LogP contribution is -2.30. The number of hydrogen-bond acceptors (Lipinski definition) is 3. The molecule has 1 fully saturated rings. The Morgan fingerprint density at radius 1 is 1.44 bits per heavy atom. The first-order chi connectivity index (χ1) is 7.60. The fourth-order valence-corrected chi connectivity index (χ4v) is 2.14. The Morgan fingerprint density at radius 2 is 2.12 bits per heavy atom. The highest BCUT2D eigenvalue weighted by Gasteiger charge is 2.37. The van der Waals surface area contributed by atoms with Crippen molar-refractivity contribution in [2.75, 3.05) is 26.1 Å². The normalized spacial score (nSPS) is 24.6. The predicted molar refractivity (Wildman–Crippen MR) is 61.2 cm³/mol. The van der Waals surface area contributed by atoms with Crippen LogP contribution >= 0.6 is 11.6 Å². The summed E-state index contributed by atoms with van der Waals surface area (Å²) in [5, 5.41) is 0. The molecule has 1 saturated heterocycles. The van der Waals surface area contributed by atoms with Crippen LogP contribution in [0.5, 0.6) is 0 Å². The average molecular weight is 248 g/mol. The number of carbonyl (C=O) groups is 2. The van der Waals surface area contributed by atoms with Crippen LogP contribution in [-0.2, 0) is 14.3 Å². The Labute approximate surface area is 101 Å². The van der Waals surface area contributed by atoms with Crippen LogP contribution in [0.15, 0.2) is 0 Å². The van der Waals surface area contributed by atoms with Crippen molar-refractivity contribution in [3.8, 4) is 0 Å². The highest BCUT2D eigenvalue weighted by Crippen LogP contribution is 2.24. The molecule has 1 aliphatic rings. The maximum Gasteiger partial charge on any atom is 0.310 e.